The van der Waals surface area contributed by atoms with Crippen molar-refractivity contribution >= 4 is 21.6 Å². The van der Waals surface area contributed by atoms with Crippen LogP contribution in [0.25, 0.3) is 0 Å². The lowest BCUT2D eigenvalue weighted by atomic mass is 10.1. The quantitative estimate of drug-likeness (QED) is 0.486. The highest BCUT2D eigenvalue weighted by molar-refractivity contribution is 9.09. The van der Waals surface area contributed by atoms with Crippen LogP contribution in [0.4, 0.5) is 5.69 Å². The Morgan fingerprint density at radius 3 is 2.56 bits per heavy atom. The van der Waals surface area contributed by atoms with Gasteiger partial charge in [-0.05, 0) is 12.8 Å². The topological polar surface area (TPSA) is 61.0 Å². The molecule has 0 aliphatic rings. The minimum absolute atomic E-state index is 0.146. The molecule has 90 valence electrons. The Morgan fingerprint density at radius 2 is 2.12 bits per heavy atom. The van der Waals surface area contributed by atoms with Gasteiger partial charge in [-0.2, -0.15) is 5.10 Å². The van der Waals surface area contributed by atoms with Crippen molar-refractivity contribution in [1.82, 2.24) is 9.78 Å². The average molecular weight is 290 g/mol. The lowest BCUT2D eigenvalue weighted by Crippen LogP contribution is -2.14. The molecular weight excluding hydrogens is 274 g/mol. The summed E-state index contributed by atoms with van der Waals surface area (Å²) in [5.74, 6) is 0.426. The zero-order valence-electron chi connectivity index (χ0n) is 9.90. The van der Waals surface area contributed by atoms with Crippen molar-refractivity contribution < 1.29 is 4.92 Å². The number of nitrogens with zero attached hydrogens (tertiary/aromatic N) is 3. The summed E-state index contributed by atoms with van der Waals surface area (Å²) in [7, 11) is 1.75. The standard InChI is InChI=1S/C10H16BrN3O2/c1-6(2)8(11)5-9-10(14(15)16)7(3)12-13(9)4/h6,8H,5H2,1-4H3. The first-order valence-electron chi connectivity index (χ1n) is 5.15. The molecule has 0 aliphatic carbocycles. The van der Waals surface area contributed by atoms with E-state index in [1.54, 1.807) is 18.7 Å². The molecule has 1 aromatic rings. The van der Waals surface area contributed by atoms with Crippen LogP contribution in [-0.2, 0) is 13.5 Å². The van der Waals surface area contributed by atoms with Crippen LogP contribution in [0, 0.1) is 23.0 Å². The van der Waals surface area contributed by atoms with Gasteiger partial charge in [-0.1, -0.05) is 29.8 Å². The van der Waals surface area contributed by atoms with Gasteiger partial charge in [0.15, 0.2) is 0 Å². The first-order valence-corrected chi connectivity index (χ1v) is 6.07. The molecule has 1 rings (SSSR count). The SMILES string of the molecule is Cc1nn(C)c(CC(Br)C(C)C)c1[N+](=O)[O-]. The van der Waals surface area contributed by atoms with Crippen LogP contribution in [0.15, 0.2) is 0 Å². The number of aryl methyl sites for hydroxylation is 2. The van der Waals surface area contributed by atoms with E-state index >= 15 is 0 Å². The maximum absolute atomic E-state index is 10.9. The van der Waals surface area contributed by atoms with Gasteiger partial charge in [0.25, 0.3) is 0 Å². The summed E-state index contributed by atoms with van der Waals surface area (Å²) >= 11 is 3.54. The highest BCUT2D eigenvalue weighted by Gasteiger charge is 2.26. The second-order valence-electron chi connectivity index (χ2n) is 4.23. The van der Waals surface area contributed by atoms with Gasteiger partial charge in [0.2, 0.25) is 0 Å². The van der Waals surface area contributed by atoms with E-state index in [4.69, 9.17) is 0 Å². The number of rotatable bonds is 4. The van der Waals surface area contributed by atoms with Gasteiger partial charge in [-0.25, -0.2) is 0 Å². The van der Waals surface area contributed by atoms with Gasteiger partial charge < -0.3 is 0 Å². The molecule has 0 aromatic carbocycles. The lowest BCUT2D eigenvalue weighted by molar-refractivity contribution is -0.386. The van der Waals surface area contributed by atoms with E-state index in [0.717, 1.165) is 0 Å². The highest BCUT2D eigenvalue weighted by Crippen LogP contribution is 2.27. The summed E-state index contributed by atoms with van der Waals surface area (Å²) < 4.78 is 1.60. The molecule has 1 heterocycles. The number of hydrogen-bond acceptors (Lipinski definition) is 3. The molecule has 0 saturated carbocycles. The van der Waals surface area contributed by atoms with Crippen molar-refractivity contribution in [1.29, 1.82) is 0 Å². The normalized spacial score (nSPS) is 13.1. The van der Waals surface area contributed by atoms with Crippen molar-refractivity contribution in [3.05, 3.63) is 21.5 Å². The lowest BCUT2D eigenvalue weighted by Gasteiger charge is -2.12. The van der Waals surface area contributed by atoms with E-state index in [1.807, 2.05) is 0 Å². The third-order valence-corrected chi connectivity index (χ3v) is 3.98. The summed E-state index contributed by atoms with van der Waals surface area (Å²) in [4.78, 5) is 10.8. The third kappa shape index (κ3) is 2.61. The number of hydrogen-bond donors (Lipinski definition) is 0. The van der Waals surface area contributed by atoms with E-state index in [2.05, 4.69) is 34.9 Å². The molecule has 0 bridgehead atoms. The minimum Gasteiger partial charge on any atom is -0.265 e. The maximum atomic E-state index is 10.9. The second kappa shape index (κ2) is 4.95. The molecule has 0 fully saturated rings. The predicted molar refractivity (Wildman–Crippen MR) is 65.9 cm³/mol. The summed E-state index contributed by atoms with van der Waals surface area (Å²) in [6.07, 6.45) is 0.616. The predicted octanol–water partition coefficient (Wildman–Crippen LogP) is 2.60. The molecule has 1 aromatic heterocycles. The van der Waals surface area contributed by atoms with Crippen molar-refractivity contribution in [2.24, 2.45) is 13.0 Å². The first kappa shape index (κ1) is 13.2. The molecule has 5 nitrogen and oxygen atoms in total. The highest BCUT2D eigenvalue weighted by atomic mass is 79.9. The Balaban J connectivity index is 3.07. The summed E-state index contributed by atoms with van der Waals surface area (Å²) in [5, 5.41) is 15.0. The fourth-order valence-corrected chi connectivity index (χ4v) is 1.89. The van der Waals surface area contributed by atoms with E-state index in [-0.39, 0.29) is 15.4 Å². The smallest absolute Gasteiger partial charge is 0.265 e. The van der Waals surface area contributed by atoms with Crippen LogP contribution in [0.3, 0.4) is 0 Å². The molecular formula is C10H16BrN3O2. The molecule has 0 amide bonds. The van der Waals surface area contributed by atoms with E-state index in [0.29, 0.717) is 23.7 Å². The average Bonchev–Trinajstić information content (AvgIpc) is 2.41. The maximum Gasteiger partial charge on any atom is 0.313 e. The van der Waals surface area contributed by atoms with Crippen LogP contribution in [0.2, 0.25) is 0 Å². The van der Waals surface area contributed by atoms with Gasteiger partial charge in [-0.3, -0.25) is 14.8 Å². The largest absolute Gasteiger partial charge is 0.313 e. The fourth-order valence-electron chi connectivity index (χ4n) is 1.58. The molecule has 6 heteroatoms. The van der Waals surface area contributed by atoms with Gasteiger partial charge >= 0.3 is 5.69 Å². The zero-order chi connectivity index (χ0) is 12.5. The Kier molecular flexibility index (Phi) is 4.07. The minimum atomic E-state index is -0.349. The third-order valence-electron chi connectivity index (χ3n) is 2.60. The van der Waals surface area contributed by atoms with Crippen LogP contribution < -0.4 is 0 Å². The first-order chi connectivity index (χ1) is 7.34. The van der Waals surface area contributed by atoms with Crippen LogP contribution in [-0.4, -0.2) is 19.5 Å². The molecule has 1 unspecified atom stereocenters. The molecule has 0 radical (unpaired) electrons. The summed E-state index contributed by atoms with van der Waals surface area (Å²) in [5.41, 5.74) is 1.30. The second-order valence-corrected chi connectivity index (χ2v) is 5.40. The Bertz CT molecular complexity index is 401. The Labute approximate surface area is 103 Å². The molecule has 0 aliphatic heterocycles. The Morgan fingerprint density at radius 1 is 1.56 bits per heavy atom. The molecule has 0 saturated heterocycles. The number of alkyl halides is 1. The van der Waals surface area contributed by atoms with Crippen molar-refractivity contribution in [2.75, 3.05) is 0 Å². The fraction of sp³-hybridized carbons (Fsp3) is 0.700. The van der Waals surface area contributed by atoms with Gasteiger partial charge in [0, 0.05) is 18.3 Å². The van der Waals surface area contributed by atoms with Crippen LogP contribution in [0.5, 0.6) is 0 Å². The molecule has 0 N–H and O–H groups in total. The van der Waals surface area contributed by atoms with Gasteiger partial charge in [0.1, 0.15) is 11.4 Å². The number of halogens is 1. The van der Waals surface area contributed by atoms with E-state index in [9.17, 15) is 10.1 Å². The summed E-state index contributed by atoms with van der Waals surface area (Å²) in [6, 6.07) is 0. The number of nitro groups is 1. The van der Waals surface area contributed by atoms with Crippen molar-refractivity contribution in [3.63, 3.8) is 0 Å². The summed E-state index contributed by atoms with van der Waals surface area (Å²) in [6.45, 7) is 5.82. The monoisotopic (exact) mass is 289 g/mol. The molecule has 16 heavy (non-hydrogen) atoms. The van der Waals surface area contributed by atoms with E-state index in [1.165, 1.54) is 0 Å². The molecule has 0 spiro atoms. The van der Waals surface area contributed by atoms with Gasteiger partial charge in [-0.15, -0.1) is 0 Å². The van der Waals surface area contributed by atoms with Gasteiger partial charge in [0.05, 0.1) is 4.92 Å². The van der Waals surface area contributed by atoms with Crippen molar-refractivity contribution in [3.8, 4) is 0 Å². The zero-order valence-corrected chi connectivity index (χ0v) is 11.5. The van der Waals surface area contributed by atoms with E-state index < -0.39 is 0 Å². The number of aromatic nitrogens is 2. The van der Waals surface area contributed by atoms with Crippen LogP contribution in [0.1, 0.15) is 25.2 Å². The Hall–Kier alpha value is -0.910. The van der Waals surface area contributed by atoms with Crippen molar-refractivity contribution in [2.45, 2.75) is 32.0 Å². The van der Waals surface area contributed by atoms with Crippen LogP contribution >= 0.6 is 15.9 Å². The molecule has 1 atom stereocenters.